The summed E-state index contributed by atoms with van der Waals surface area (Å²) in [6.45, 7) is 5.71. The minimum absolute atomic E-state index is 0.416. The number of likely N-dealkylation sites (N-methyl/N-ethyl adjacent to an activating group) is 1. The van der Waals surface area contributed by atoms with Gasteiger partial charge in [-0.1, -0.05) is 11.6 Å². The molecule has 0 aliphatic carbocycles. The number of methoxy groups -OCH3 is 1. The van der Waals surface area contributed by atoms with Crippen molar-refractivity contribution in [3.63, 3.8) is 0 Å². The summed E-state index contributed by atoms with van der Waals surface area (Å²) >= 11 is 6.32. The highest BCUT2D eigenvalue weighted by Crippen LogP contribution is 2.22. The topological polar surface area (TPSA) is 39.1 Å². The maximum Gasteiger partial charge on any atom is 0.0847 e. The molecule has 0 saturated heterocycles. The molecule has 0 amide bonds. The van der Waals surface area contributed by atoms with Crippen LogP contribution in [-0.4, -0.2) is 36.6 Å². The Labute approximate surface area is 115 Å². The van der Waals surface area contributed by atoms with Crippen LogP contribution in [0.5, 0.6) is 0 Å². The fourth-order valence-electron chi connectivity index (χ4n) is 2.12. The quantitative estimate of drug-likeness (QED) is 0.740. The molecule has 104 valence electrons. The number of nitrogens with zero attached hydrogens (tertiary/aromatic N) is 2. The molecule has 1 rings (SSSR count). The minimum Gasteiger partial charge on any atom is -0.385 e. The van der Waals surface area contributed by atoms with Crippen molar-refractivity contribution >= 4 is 11.6 Å². The van der Waals surface area contributed by atoms with Crippen molar-refractivity contribution < 1.29 is 4.74 Å². The summed E-state index contributed by atoms with van der Waals surface area (Å²) in [4.78, 5) is 0. The lowest BCUT2D eigenvalue weighted by molar-refractivity contribution is 0.189. The van der Waals surface area contributed by atoms with Crippen molar-refractivity contribution in [3.8, 4) is 0 Å². The van der Waals surface area contributed by atoms with Gasteiger partial charge in [-0.2, -0.15) is 5.10 Å². The average Bonchev–Trinajstić information content (AvgIpc) is 2.65. The van der Waals surface area contributed by atoms with Gasteiger partial charge in [0, 0.05) is 32.7 Å². The molecule has 18 heavy (non-hydrogen) atoms. The van der Waals surface area contributed by atoms with E-state index in [0.29, 0.717) is 6.04 Å². The van der Waals surface area contributed by atoms with E-state index < -0.39 is 0 Å². The smallest absolute Gasteiger partial charge is 0.0847 e. The number of ether oxygens (including phenoxy) is 1. The fourth-order valence-corrected chi connectivity index (χ4v) is 2.33. The van der Waals surface area contributed by atoms with Crippen LogP contribution in [-0.2, 0) is 17.7 Å². The lowest BCUT2D eigenvalue weighted by Gasteiger charge is -2.16. The third kappa shape index (κ3) is 3.97. The predicted molar refractivity (Wildman–Crippen MR) is 75.3 cm³/mol. The van der Waals surface area contributed by atoms with Gasteiger partial charge in [0.2, 0.25) is 0 Å². The van der Waals surface area contributed by atoms with Crippen molar-refractivity contribution in [1.82, 2.24) is 15.1 Å². The molecule has 0 saturated carbocycles. The lowest BCUT2D eigenvalue weighted by Crippen LogP contribution is -2.29. The zero-order chi connectivity index (χ0) is 13.5. The van der Waals surface area contributed by atoms with Gasteiger partial charge in [0.1, 0.15) is 0 Å². The first kappa shape index (κ1) is 15.5. The number of hydrogen-bond acceptors (Lipinski definition) is 3. The Morgan fingerprint density at radius 1 is 1.50 bits per heavy atom. The maximum absolute atomic E-state index is 6.32. The summed E-state index contributed by atoms with van der Waals surface area (Å²) < 4.78 is 7.09. The first-order chi connectivity index (χ1) is 8.63. The predicted octanol–water partition coefficient (Wildman–Crippen LogP) is 2.42. The molecule has 1 N–H and O–H groups in total. The zero-order valence-electron chi connectivity index (χ0n) is 11.8. The SMILES string of the molecule is CCn1nc(C)c(Cl)c1CC(CCCOC)NC. The summed E-state index contributed by atoms with van der Waals surface area (Å²) in [5.74, 6) is 0. The van der Waals surface area contributed by atoms with Gasteiger partial charge < -0.3 is 10.1 Å². The van der Waals surface area contributed by atoms with Crippen LogP contribution in [0.3, 0.4) is 0 Å². The van der Waals surface area contributed by atoms with Gasteiger partial charge in [0.25, 0.3) is 0 Å². The summed E-state index contributed by atoms with van der Waals surface area (Å²) in [6.07, 6.45) is 3.04. The van der Waals surface area contributed by atoms with Crippen LogP contribution >= 0.6 is 11.6 Å². The zero-order valence-corrected chi connectivity index (χ0v) is 12.5. The van der Waals surface area contributed by atoms with Crippen LogP contribution in [0.1, 0.15) is 31.2 Å². The molecule has 1 heterocycles. The first-order valence-corrected chi connectivity index (χ1v) is 6.89. The second kappa shape index (κ2) is 7.77. The molecule has 0 aliphatic heterocycles. The number of halogens is 1. The Morgan fingerprint density at radius 3 is 2.78 bits per heavy atom. The van der Waals surface area contributed by atoms with Crippen LogP contribution in [0.15, 0.2) is 0 Å². The number of aryl methyl sites for hydroxylation is 2. The highest BCUT2D eigenvalue weighted by atomic mass is 35.5. The molecule has 5 heteroatoms. The van der Waals surface area contributed by atoms with Gasteiger partial charge >= 0.3 is 0 Å². The van der Waals surface area contributed by atoms with Gasteiger partial charge in [-0.25, -0.2) is 0 Å². The van der Waals surface area contributed by atoms with Crippen LogP contribution in [0.4, 0.5) is 0 Å². The minimum atomic E-state index is 0.416. The van der Waals surface area contributed by atoms with Crippen molar-refractivity contribution in [2.75, 3.05) is 20.8 Å². The molecule has 4 nitrogen and oxygen atoms in total. The number of nitrogens with one attached hydrogen (secondary N) is 1. The highest BCUT2D eigenvalue weighted by molar-refractivity contribution is 6.31. The van der Waals surface area contributed by atoms with E-state index in [1.807, 2.05) is 18.7 Å². The van der Waals surface area contributed by atoms with Crippen LogP contribution in [0, 0.1) is 6.92 Å². The largest absolute Gasteiger partial charge is 0.385 e. The molecule has 1 atom stereocenters. The van der Waals surface area contributed by atoms with Crippen LogP contribution in [0.25, 0.3) is 0 Å². The van der Waals surface area contributed by atoms with Gasteiger partial charge in [-0.15, -0.1) is 0 Å². The van der Waals surface area contributed by atoms with E-state index in [1.165, 1.54) is 0 Å². The Balaban J connectivity index is 2.68. The monoisotopic (exact) mass is 273 g/mol. The first-order valence-electron chi connectivity index (χ1n) is 6.52. The van der Waals surface area contributed by atoms with Crippen molar-refractivity contribution in [2.45, 2.75) is 45.7 Å². The van der Waals surface area contributed by atoms with Crippen LogP contribution < -0.4 is 5.32 Å². The van der Waals surface area contributed by atoms with E-state index in [4.69, 9.17) is 16.3 Å². The second-order valence-electron chi connectivity index (χ2n) is 4.49. The summed E-state index contributed by atoms with van der Waals surface area (Å²) in [6, 6.07) is 0.416. The Bertz CT molecular complexity index is 365. The van der Waals surface area contributed by atoms with Gasteiger partial charge in [-0.05, 0) is 33.7 Å². The molecule has 0 bridgehead atoms. The van der Waals surface area contributed by atoms with Gasteiger partial charge in [0.15, 0.2) is 0 Å². The van der Waals surface area contributed by atoms with E-state index in [9.17, 15) is 0 Å². The normalized spacial score (nSPS) is 12.9. The Hall–Kier alpha value is -0.580. The Kier molecular flexibility index (Phi) is 6.68. The third-order valence-electron chi connectivity index (χ3n) is 3.20. The van der Waals surface area contributed by atoms with E-state index in [-0.39, 0.29) is 0 Å². The van der Waals surface area contributed by atoms with Crippen LogP contribution in [0.2, 0.25) is 5.02 Å². The van der Waals surface area contributed by atoms with Gasteiger partial charge in [-0.3, -0.25) is 4.68 Å². The summed E-state index contributed by atoms with van der Waals surface area (Å²) in [5, 5.41) is 8.60. The number of hydrogen-bond donors (Lipinski definition) is 1. The van der Waals surface area contributed by atoms with Crippen molar-refractivity contribution in [2.24, 2.45) is 0 Å². The van der Waals surface area contributed by atoms with E-state index in [2.05, 4.69) is 17.3 Å². The summed E-state index contributed by atoms with van der Waals surface area (Å²) in [5.41, 5.74) is 2.05. The maximum atomic E-state index is 6.32. The number of rotatable bonds is 8. The molecule has 0 aliphatic rings. The van der Waals surface area contributed by atoms with E-state index in [0.717, 1.165) is 48.8 Å². The molecular formula is C13H24ClN3O. The molecular weight excluding hydrogens is 250 g/mol. The van der Waals surface area contributed by atoms with E-state index >= 15 is 0 Å². The van der Waals surface area contributed by atoms with Crippen molar-refractivity contribution in [3.05, 3.63) is 16.4 Å². The standard InChI is InChI=1S/C13H24ClN3O/c1-5-17-12(13(14)10(2)16-17)9-11(15-3)7-6-8-18-4/h11,15H,5-9H2,1-4H3. The molecule has 1 aromatic rings. The molecule has 0 radical (unpaired) electrons. The third-order valence-corrected chi connectivity index (χ3v) is 3.69. The molecule has 1 unspecified atom stereocenters. The fraction of sp³-hybridized carbons (Fsp3) is 0.769. The van der Waals surface area contributed by atoms with Crippen molar-refractivity contribution in [1.29, 1.82) is 0 Å². The molecule has 1 aromatic heterocycles. The lowest BCUT2D eigenvalue weighted by atomic mass is 10.1. The number of aromatic nitrogens is 2. The van der Waals surface area contributed by atoms with E-state index in [1.54, 1.807) is 7.11 Å². The van der Waals surface area contributed by atoms with Gasteiger partial charge in [0.05, 0.1) is 16.4 Å². The molecule has 0 aromatic carbocycles. The average molecular weight is 274 g/mol. The second-order valence-corrected chi connectivity index (χ2v) is 4.86. The molecule has 0 fully saturated rings. The summed E-state index contributed by atoms with van der Waals surface area (Å²) in [7, 11) is 3.73. The molecule has 0 spiro atoms. The Morgan fingerprint density at radius 2 is 2.22 bits per heavy atom. The highest BCUT2D eigenvalue weighted by Gasteiger charge is 2.16.